The minimum absolute atomic E-state index is 0.172. The Kier molecular flexibility index (Phi) is 5.45. The largest absolute Gasteiger partial charge is 0.324 e. The van der Waals surface area contributed by atoms with Gasteiger partial charge < -0.3 is 10.6 Å². The van der Waals surface area contributed by atoms with E-state index in [4.69, 9.17) is 5.73 Å². The van der Waals surface area contributed by atoms with Crippen molar-refractivity contribution in [3.05, 3.63) is 35.4 Å². The highest BCUT2D eigenvalue weighted by Gasteiger charge is 2.28. The predicted molar refractivity (Wildman–Crippen MR) is 91.3 cm³/mol. The molecule has 0 bridgehead atoms. The van der Waals surface area contributed by atoms with Crippen LogP contribution in [0, 0.1) is 18.3 Å². The maximum Gasteiger partial charge on any atom is 0.0307 e. The van der Waals surface area contributed by atoms with Gasteiger partial charge in [-0.15, -0.1) is 0 Å². The quantitative estimate of drug-likeness (QED) is 0.902. The second-order valence-corrected chi connectivity index (χ2v) is 7.79. The van der Waals surface area contributed by atoms with Crippen molar-refractivity contribution >= 4 is 0 Å². The summed E-state index contributed by atoms with van der Waals surface area (Å²) >= 11 is 0. The smallest absolute Gasteiger partial charge is 0.0307 e. The van der Waals surface area contributed by atoms with E-state index in [1.54, 1.807) is 0 Å². The average molecular weight is 288 g/mol. The van der Waals surface area contributed by atoms with Crippen LogP contribution in [0.4, 0.5) is 0 Å². The summed E-state index contributed by atoms with van der Waals surface area (Å²) < 4.78 is 0. The Balaban J connectivity index is 1.76. The van der Waals surface area contributed by atoms with Gasteiger partial charge in [0.2, 0.25) is 0 Å². The number of hydrogen-bond donors (Lipinski definition) is 1. The van der Waals surface area contributed by atoms with Crippen LogP contribution in [0.2, 0.25) is 0 Å². The predicted octanol–water partition coefficient (Wildman–Crippen LogP) is 4.14. The minimum Gasteiger partial charge on any atom is -0.324 e. The summed E-state index contributed by atoms with van der Waals surface area (Å²) in [7, 11) is 0. The van der Waals surface area contributed by atoms with Gasteiger partial charge in [-0.2, -0.15) is 0 Å². The maximum atomic E-state index is 6.33. The highest BCUT2D eigenvalue weighted by molar-refractivity contribution is 5.23. The molecule has 2 rings (SSSR count). The second-order valence-electron chi connectivity index (χ2n) is 7.79. The van der Waals surface area contributed by atoms with Crippen molar-refractivity contribution in [3.63, 3.8) is 0 Å². The first-order valence-corrected chi connectivity index (χ1v) is 8.41. The Morgan fingerprint density at radius 3 is 2.24 bits per heavy atom. The molecule has 118 valence electrons. The van der Waals surface area contributed by atoms with Gasteiger partial charge in [-0.1, -0.05) is 50.6 Å². The molecule has 1 aliphatic rings. The molecule has 1 aromatic carbocycles. The molecule has 0 amide bonds. The molecule has 0 aromatic heterocycles. The molecule has 1 fully saturated rings. The maximum absolute atomic E-state index is 6.33. The fraction of sp³-hybridized carbons (Fsp3) is 0.684. The Bertz CT molecular complexity index is 422. The summed E-state index contributed by atoms with van der Waals surface area (Å²) in [5.41, 5.74) is 9.36. The lowest BCUT2D eigenvalue weighted by atomic mass is 9.75. The number of nitrogens with two attached hydrogens (primary N) is 1. The second kappa shape index (κ2) is 6.93. The van der Waals surface area contributed by atoms with Crippen molar-refractivity contribution in [1.82, 2.24) is 4.90 Å². The SMILES string of the molecule is Cc1ccc(C(N)CCN2CCC(C(C)(C)C)CC2)cc1. The third-order valence-electron chi connectivity index (χ3n) is 5.07. The molecule has 2 N–H and O–H groups in total. The Morgan fingerprint density at radius 1 is 1.14 bits per heavy atom. The van der Waals surface area contributed by atoms with Crippen LogP contribution in [-0.4, -0.2) is 24.5 Å². The van der Waals surface area contributed by atoms with Gasteiger partial charge in [0, 0.05) is 6.04 Å². The molecule has 0 spiro atoms. The number of rotatable bonds is 4. The van der Waals surface area contributed by atoms with Crippen molar-refractivity contribution in [2.45, 2.75) is 53.0 Å². The molecule has 0 saturated carbocycles. The average Bonchev–Trinajstić information content (AvgIpc) is 2.45. The van der Waals surface area contributed by atoms with Crippen LogP contribution < -0.4 is 5.73 Å². The standard InChI is InChI=1S/C19H32N2/c1-15-5-7-16(8-6-15)18(20)11-14-21-12-9-17(10-13-21)19(2,3)4/h5-8,17-18H,9-14,20H2,1-4H3. The lowest BCUT2D eigenvalue weighted by Crippen LogP contribution is -2.39. The zero-order chi connectivity index (χ0) is 15.5. The summed E-state index contributed by atoms with van der Waals surface area (Å²) in [6, 6.07) is 8.83. The lowest BCUT2D eigenvalue weighted by molar-refractivity contribution is 0.110. The highest BCUT2D eigenvalue weighted by Crippen LogP contribution is 2.34. The van der Waals surface area contributed by atoms with Gasteiger partial charge in [0.05, 0.1) is 0 Å². The lowest BCUT2D eigenvalue weighted by Gasteiger charge is -2.39. The molecule has 1 aromatic rings. The molecule has 1 heterocycles. The van der Waals surface area contributed by atoms with Gasteiger partial charge in [-0.3, -0.25) is 0 Å². The fourth-order valence-electron chi connectivity index (χ4n) is 3.32. The van der Waals surface area contributed by atoms with Crippen molar-refractivity contribution < 1.29 is 0 Å². The molecule has 2 heteroatoms. The zero-order valence-corrected chi connectivity index (χ0v) is 14.2. The number of benzene rings is 1. The molecule has 2 nitrogen and oxygen atoms in total. The van der Waals surface area contributed by atoms with Crippen molar-refractivity contribution in [2.24, 2.45) is 17.1 Å². The van der Waals surface area contributed by atoms with Gasteiger partial charge in [-0.25, -0.2) is 0 Å². The minimum atomic E-state index is 0.172. The van der Waals surface area contributed by atoms with Gasteiger partial charge in [0.25, 0.3) is 0 Å². The summed E-state index contributed by atoms with van der Waals surface area (Å²) in [6.45, 7) is 12.9. The van der Waals surface area contributed by atoms with Crippen molar-refractivity contribution in [1.29, 1.82) is 0 Å². The number of likely N-dealkylation sites (tertiary alicyclic amines) is 1. The van der Waals surface area contributed by atoms with Crippen LogP contribution in [0.15, 0.2) is 24.3 Å². The third kappa shape index (κ3) is 4.82. The van der Waals surface area contributed by atoms with Crippen LogP contribution in [-0.2, 0) is 0 Å². The van der Waals surface area contributed by atoms with E-state index in [1.165, 1.54) is 37.1 Å². The number of nitrogens with zero attached hydrogens (tertiary/aromatic N) is 1. The van der Waals surface area contributed by atoms with E-state index in [1.807, 2.05) is 0 Å². The molecule has 21 heavy (non-hydrogen) atoms. The van der Waals surface area contributed by atoms with Gasteiger partial charge >= 0.3 is 0 Å². The Labute approximate surface area is 130 Å². The van der Waals surface area contributed by atoms with Crippen LogP contribution in [0.1, 0.15) is 57.2 Å². The van der Waals surface area contributed by atoms with E-state index in [2.05, 4.69) is 56.9 Å². The molecule has 0 aliphatic carbocycles. The number of piperidine rings is 1. The van der Waals surface area contributed by atoms with Crippen LogP contribution in [0.5, 0.6) is 0 Å². The molecular weight excluding hydrogens is 256 g/mol. The summed E-state index contributed by atoms with van der Waals surface area (Å²) in [4.78, 5) is 2.59. The molecular formula is C19H32N2. The molecule has 1 saturated heterocycles. The Hall–Kier alpha value is -0.860. The number of aryl methyl sites for hydroxylation is 1. The van der Waals surface area contributed by atoms with Gasteiger partial charge in [0.1, 0.15) is 0 Å². The van der Waals surface area contributed by atoms with Crippen LogP contribution in [0.3, 0.4) is 0 Å². The van der Waals surface area contributed by atoms with E-state index in [0.717, 1.165) is 18.9 Å². The van der Waals surface area contributed by atoms with E-state index < -0.39 is 0 Å². The van der Waals surface area contributed by atoms with E-state index >= 15 is 0 Å². The van der Waals surface area contributed by atoms with Gasteiger partial charge in [0.15, 0.2) is 0 Å². The zero-order valence-electron chi connectivity index (χ0n) is 14.2. The first-order chi connectivity index (χ1) is 9.86. The molecule has 0 radical (unpaired) electrons. The van der Waals surface area contributed by atoms with Crippen molar-refractivity contribution in [2.75, 3.05) is 19.6 Å². The van der Waals surface area contributed by atoms with Crippen molar-refractivity contribution in [3.8, 4) is 0 Å². The van der Waals surface area contributed by atoms with Gasteiger partial charge in [-0.05, 0) is 62.7 Å². The first kappa shape index (κ1) is 16.5. The summed E-state index contributed by atoms with van der Waals surface area (Å²) in [5, 5.41) is 0. The number of hydrogen-bond acceptors (Lipinski definition) is 2. The van der Waals surface area contributed by atoms with E-state index in [-0.39, 0.29) is 6.04 Å². The van der Waals surface area contributed by atoms with E-state index in [0.29, 0.717) is 5.41 Å². The van der Waals surface area contributed by atoms with Crippen LogP contribution in [0.25, 0.3) is 0 Å². The monoisotopic (exact) mass is 288 g/mol. The molecule has 1 aliphatic heterocycles. The Morgan fingerprint density at radius 2 is 1.71 bits per heavy atom. The van der Waals surface area contributed by atoms with Crippen LogP contribution >= 0.6 is 0 Å². The normalized spacial score (nSPS) is 19.7. The third-order valence-corrected chi connectivity index (χ3v) is 5.07. The van der Waals surface area contributed by atoms with E-state index in [9.17, 15) is 0 Å². The fourth-order valence-corrected chi connectivity index (χ4v) is 3.32. The topological polar surface area (TPSA) is 29.3 Å². The molecule has 1 atom stereocenters. The first-order valence-electron chi connectivity index (χ1n) is 8.41. The highest BCUT2D eigenvalue weighted by atomic mass is 15.1. The summed E-state index contributed by atoms with van der Waals surface area (Å²) in [6.07, 6.45) is 3.73. The summed E-state index contributed by atoms with van der Waals surface area (Å²) in [5.74, 6) is 0.875. The molecule has 1 unspecified atom stereocenters.